The normalized spacial score (nSPS) is 10.9. The van der Waals surface area contributed by atoms with Gasteiger partial charge in [-0.05, 0) is 45.6 Å². The van der Waals surface area contributed by atoms with E-state index in [2.05, 4.69) is 9.97 Å². The van der Waals surface area contributed by atoms with E-state index in [1.54, 1.807) is 6.07 Å². The van der Waals surface area contributed by atoms with Crippen LogP contribution in [0.15, 0.2) is 24.5 Å². The molecule has 1 aromatic carbocycles. The lowest BCUT2D eigenvalue weighted by atomic mass is 10.0. The van der Waals surface area contributed by atoms with Gasteiger partial charge in [-0.15, -0.1) is 0 Å². The van der Waals surface area contributed by atoms with Crippen LogP contribution in [0.5, 0.6) is 5.75 Å². The van der Waals surface area contributed by atoms with Gasteiger partial charge in [-0.25, -0.2) is 14.4 Å². The monoisotopic (exact) mass is 275 g/mol. The van der Waals surface area contributed by atoms with E-state index < -0.39 is 0 Å². The van der Waals surface area contributed by atoms with E-state index in [9.17, 15) is 4.39 Å². The standard InChI is InChI=1S/C15H18FN3O/c1-10-15(11(2)18-8-17-10)12-5-6-14(13(16)7-12)20-9-19(3)4/h5-8H,9H2,1-4H3. The number of hydrogen-bond donors (Lipinski definition) is 0. The number of rotatable bonds is 4. The molecule has 1 aromatic heterocycles. The number of nitrogens with zero attached hydrogens (tertiary/aromatic N) is 3. The Balaban J connectivity index is 2.34. The smallest absolute Gasteiger partial charge is 0.165 e. The van der Waals surface area contributed by atoms with Crippen molar-refractivity contribution in [3.63, 3.8) is 0 Å². The van der Waals surface area contributed by atoms with Gasteiger partial charge < -0.3 is 4.74 Å². The molecule has 0 spiro atoms. The molecule has 0 saturated heterocycles. The second-order valence-electron chi connectivity index (χ2n) is 4.92. The molecule has 0 N–H and O–H groups in total. The highest BCUT2D eigenvalue weighted by Crippen LogP contribution is 2.28. The molecule has 0 amide bonds. The van der Waals surface area contributed by atoms with Gasteiger partial charge in [0.1, 0.15) is 13.1 Å². The number of aryl methyl sites for hydroxylation is 2. The average Bonchev–Trinajstić information content (AvgIpc) is 2.37. The van der Waals surface area contributed by atoms with E-state index in [1.807, 2.05) is 38.9 Å². The van der Waals surface area contributed by atoms with E-state index in [0.29, 0.717) is 6.73 Å². The Morgan fingerprint density at radius 1 is 1.15 bits per heavy atom. The quantitative estimate of drug-likeness (QED) is 0.804. The number of benzene rings is 1. The zero-order valence-corrected chi connectivity index (χ0v) is 12.1. The Bertz CT molecular complexity index is 594. The second kappa shape index (κ2) is 5.96. The van der Waals surface area contributed by atoms with Crippen LogP contribution in [-0.4, -0.2) is 35.7 Å². The Morgan fingerprint density at radius 3 is 2.35 bits per heavy atom. The third-order valence-electron chi connectivity index (χ3n) is 2.93. The maximum atomic E-state index is 14.1. The summed E-state index contributed by atoms with van der Waals surface area (Å²) in [6, 6.07) is 4.93. The topological polar surface area (TPSA) is 38.3 Å². The van der Waals surface area contributed by atoms with E-state index in [1.165, 1.54) is 12.4 Å². The van der Waals surface area contributed by atoms with Gasteiger partial charge in [0.25, 0.3) is 0 Å². The molecule has 0 aliphatic rings. The third-order valence-corrected chi connectivity index (χ3v) is 2.93. The Kier molecular flexibility index (Phi) is 4.29. The molecule has 4 nitrogen and oxygen atoms in total. The van der Waals surface area contributed by atoms with E-state index in [4.69, 9.17) is 4.74 Å². The van der Waals surface area contributed by atoms with Crippen molar-refractivity contribution in [1.29, 1.82) is 0 Å². The van der Waals surface area contributed by atoms with Crippen LogP contribution in [-0.2, 0) is 0 Å². The summed E-state index contributed by atoms with van der Waals surface area (Å²) < 4.78 is 19.4. The van der Waals surface area contributed by atoms with Gasteiger partial charge in [-0.2, -0.15) is 0 Å². The molecule has 1 heterocycles. The van der Waals surface area contributed by atoms with Gasteiger partial charge in [0, 0.05) is 17.0 Å². The van der Waals surface area contributed by atoms with Gasteiger partial charge in [0.05, 0.1) is 0 Å². The van der Waals surface area contributed by atoms with E-state index in [-0.39, 0.29) is 11.6 Å². The minimum Gasteiger partial charge on any atom is -0.475 e. The van der Waals surface area contributed by atoms with Gasteiger partial charge in [-0.3, -0.25) is 4.90 Å². The summed E-state index contributed by atoms with van der Waals surface area (Å²) in [4.78, 5) is 10.1. The number of hydrogen-bond acceptors (Lipinski definition) is 4. The fraction of sp³-hybridized carbons (Fsp3) is 0.333. The van der Waals surface area contributed by atoms with Crippen LogP contribution in [0, 0.1) is 19.7 Å². The summed E-state index contributed by atoms with van der Waals surface area (Å²) in [6.45, 7) is 4.11. The summed E-state index contributed by atoms with van der Waals surface area (Å²) >= 11 is 0. The molecule has 2 rings (SSSR count). The molecule has 0 bridgehead atoms. The number of ether oxygens (including phenoxy) is 1. The number of aromatic nitrogens is 2. The first-order valence-electron chi connectivity index (χ1n) is 6.34. The molecule has 0 saturated carbocycles. The van der Waals surface area contributed by atoms with Crippen LogP contribution in [0.3, 0.4) is 0 Å². The Morgan fingerprint density at radius 2 is 1.80 bits per heavy atom. The summed E-state index contributed by atoms with van der Waals surface area (Å²) in [5.74, 6) is -0.137. The SMILES string of the molecule is Cc1ncnc(C)c1-c1ccc(OCN(C)C)c(F)c1. The fourth-order valence-electron chi connectivity index (χ4n) is 1.98. The first-order chi connectivity index (χ1) is 9.49. The summed E-state index contributed by atoms with van der Waals surface area (Å²) in [5, 5.41) is 0. The molecule has 0 atom stereocenters. The van der Waals surface area contributed by atoms with Crippen LogP contribution in [0.1, 0.15) is 11.4 Å². The van der Waals surface area contributed by atoms with Gasteiger partial charge in [0.2, 0.25) is 0 Å². The lowest BCUT2D eigenvalue weighted by molar-refractivity contribution is 0.173. The van der Waals surface area contributed by atoms with Crippen molar-refractivity contribution in [2.45, 2.75) is 13.8 Å². The maximum Gasteiger partial charge on any atom is 0.165 e. The summed E-state index contributed by atoms with van der Waals surface area (Å²) in [7, 11) is 3.72. The van der Waals surface area contributed by atoms with Crippen molar-refractivity contribution in [3.8, 4) is 16.9 Å². The predicted octanol–water partition coefficient (Wildman–Crippen LogP) is 2.80. The average molecular weight is 275 g/mol. The zero-order chi connectivity index (χ0) is 14.7. The van der Waals surface area contributed by atoms with Crippen molar-refractivity contribution in [2.24, 2.45) is 0 Å². The highest BCUT2D eigenvalue weighted by Gasteiger charge is 2.11. The van der Waals surface area contributed by atoms with E-state index in [0.717, 1.165) is 22.5 Å². The fourth-order valence-corrected chi connectivity index (χ4v) is 1.98. The van der Waals surface area contributed by atoms with Crippen molar-refractivity contribution in [3.05, 3.63) is 41.7 Å². The first-order valence-corrected chi connectivity index (χ1v) is 6.34. The van der Waals surface area contributed by atoms with Crippen molar-refractivity contribution >= 4 is 0 Å². The summed E-state index contributed by atoms with van der Waals surface area (Å²) in [5.41, 5.74) is 3.29. The lowest BCUT2D eigenvalue weighted by Crippen LogP contribution is -2.18. The van der Waals surface area contributed by atoms with Gasteiger partial charge in [0.15, 0.2) is 11.6 Å². The largest absolute Gasteiger partial charge is 0.475 e. The van der Waals surface area contributed by atoms with Crippen LogP contribution in [0.25, 0.3) is 11.1 Å². The Labute approximate surface area is 118 Å². The third kappa shape index (κ3) is 3.11. The minimum atomic E-state index is -0.382. The molecule has 0 aliphatic heterocycles. The van der Waals surface area contributed by atoms with Gasteiger partial charge in [-0.1, -0.05) is 6.07 Å². The molecule has 0 unspecified atom stereocenters. The molecule has 0 aliphatic carbocycles. The van der Waals surface area contributed by atoms with Crippen LogP contribution < -0.4 is 4.74 Å². The molecular weight excluding hydrogens is 257 g/mol. The summed E-state index contributed by atoms with van der Waals surface area (Å²) in [6.07, 6.45) is 1.51. The van der Waals surface area contributed by atoms with Crippen LogP contribution >= 0.6 is 0 Å². The highest BCUT2D eigenvalue weighted by molar-refractivity contribution is 5.68. The molecule has 20 heavy (non-hydrogen) atoms. The van der Waals surface area contributed by atoms with Crippen molar-refractivity contribution in [2.75, 3.05) is 20.8 Å². The van der Waals surface area contributed by atoms with Crippen molar-refractivity contribution in [1.82, 2.24) is 14.9 Å². The zero-order valence-electron chi connectivity index (χ0n) is 12.1. The van der Waals surface area contributed by atoms with Crippen LogP contribution in [0.2, 0.25) is 0 Å². The minimum absolute atomic E-state index is 0.245. The maximum absolute atomic E-state index is 14.1. The van der Waals surface area contributed by atoms with Crippen molar-refractivity contribution < 1.29 is 9.13 Å². The molecule has 0 radical (unpaired) electrons. The lowest BCUT2D eigenvalue weighted by Gasteiger charge is -2.13. The first kappa shape index (κ1) is 14.4. The molecule has 106 valence electrons. The number of halogens is 1. The van der Waals surface area contributed by atoms with Gasteiger partial charge >= 0.3 is 0 Å². The van der Waals surface area contributed by atoms with E-state index >= 15 is 0 Å². The highest BCUT2D eigenvalue weighted by atomic mass is 19.1. The molecule has 5 heteroatoms. The van der Waals surface area contributed by atoms with Crippen LogP contribution in [0.4, 0.5) is 4.39 Å². The Hall–Kier alpha value is -2.01. The molecular formula is C15H18FN3O. The predicted molar refractivity (Wildman–Crippen MR) is 76.1 cm³/mol. The second-order valence-corrected chi connectivity index (χ2v) is 4.92. The molecule has 0 fully saturated rings. The molecule has 2 aromatic rings.